The maximum Gasteiger partial charge on any atom is 0.251 e. The first-order valence-electron chi connectivity index (χ1n) is 7.92. The summed E-state index contributed by atoms with van der Waals surface area (Å²) in [6, 6.07) is 3.75. The van der Waals surface area contributed by atoms with Crippen LogP contribution < -0.4 is 10.6 Å². The van der Waals surface area contributed by atoms with E-state index in [9.17, 15) is 4.79 Å². The number of aromatic nitrogens is 1. The van der Waals surface area contributed by atoms with Gasteiger partial charge in [0.1, 0.15) is 5.82 Å². The number of amides is 1. The highest BCUT2D eigenvalue weighted by Crippen LogP contribution is 2.39. The van der Waals surface area contributed by atoms with Crippen LogP contribution in [-0.2, 0) is 0 Å². The van der Waals surface area contributed by atoms with Gasteiger partial charge in [-0.3, -0.25) is 4.79 Å². The third-order valence-electron chi connectivity index (χ3n) is 4.09. The Labute approximate surface area is 127 Å². The highest BCUT2D eigenvalue weighted by atomic mass is 16.1. The van der Waals surface area contributed by atoms with Crippen molar-refractivity contribution in [1.82, 2.24) is 10.3 Å². The molecule has 1 aliphatic carbocycles. The molecule has 1 amide bonds. The Kier molecular flexibility index (Phi) is 4.55. The third kappa shape index (κ3) is 3.96. The quantitative estimate of drug-likeness (QED) is 0.842. The highest BCUT2D eigenvalue weighted by molar-refractivity contribution is 5.95. The standard InChI is InChI=1S/C17H27N3O/c1-6-18-15-10-12(9-14(19-15)11(2)3)16(21)20-17(4,5)13-7-8-13/h9-11,13H,6-8H2,1-5H3,(H,18,19)(H,20,21). The minimum atomic E-state index is -0.128. The second-order valence-electron chi connectivity index (χ2n) is 6.80. The van der Waals surface area contributed by atoms with Crippen molar-refractivity contribution in [3.63, 3.8) is 0 Å². The van der Waals surface area contributed by atoms with Gasteiger partial charge in [-0.15, -0.1) is 0 Å². The molecule has 0 bridgehead atoms. The van der Waals surface area contributed by atoms with Crippen LogP contribution in [0, 0.1) is 5.92 Å². The molecule has 2 rings (SSSR count). The van der Waals surface area contributed by atoms with Crippen LogP contribution in [0.25, 0.3) is 0 Å². The molecule has 2 N–H and O–H groups in total. The Morgan fingerprint density at radius 3 is 2.57 bits per heavy atom. The first kappa shape index (κ1) is 15.8. The van der Waals surface area contributed by atoms with Crippen LogP contribution in [0.3, 0.4) is 0 Å². The first-order valence-corrected chi connectivity index (χ1v) is 7.92. The van der Waals surface area contributed by atoms with Gasteiger partial charge in [0.15, 0.2) is 0 Å². The molecule has 0 atom stereocenters. The lowest BCUT2D eigenvalue weighted by Gasteiger charge is -2.26. The highest BCUT2D eigenvalue weighted by Gasteiger charge is 2.38. The van der Waals surface area contributed by atoms with Gasteiger partial charge in [-0.25, -0.2) is 4.98 Å². The molecule has 1 aromatic rings. The van der Waals surface area contributed by atoms with Crippen molar-refractivity contribution in [2.24, 2.45) is 5.92 Å². The van der Waals surface area contributed by atoms with Gasteiger partial charge in [-0.05, 0) is 57.6 Å². The van der Waals surface area contributed by atoms with Gasteiger partial charge < -0.3 is 10.6 Å². The van der Waals surface area contributed by atoms with E-state index in [0.29, 0.717) is 17.4 Å². The number of hydrogen-bond donors (Lipinski definition) is 2. The summed E-state index contributed by atoms with van der Waals surface area (Å²) >= 11 is 0. The number of nitrogens with zero attached hydrogens (tertiary/aromatic N) is 1. The monoisotopic (exact) mass is 289 g/mol. The van der Waals surface area contributed by atoms with Crippen molar-refractivity contribution in [3.05, 3.63) is 23.4 Å². The molecular formula is C17H27N3O. The Morgan fingerprint density at radius 1 is 1.38 bits per heavy atom. The van der Waals surface area contributed by atoms with E-state index in [1.54, 1.807) is 0 Å². The van der Waals surface area contributed by atoms with Gasteiger partial charge >= 0.3 is 0 Å². The molecule has 1 heterocycles. The Balaban J connectivity index is 2.22. The molecule has 1 fully saturated rings. The van der Waals surface area contributed by atoms with Gasteiger partial charge in [0.25, 0.3) is 5.91 Å². The van der Waals surface area contributed by atoms with Crippen molar-refractivity contribution < 1.29 is 4.79 Å². The largest absolute Gasteiger partial charge is 0.370 e. The smallest absolute Gasteiger partial charge is 0.251 e. The fourth-order valence-corrected chi connectivity index (χ4v) is 2.52. The molecule has 0 spiro atoms. The molecule has 1 aromatic heterocycles. The number of nitrogens with one attached hydrogen (secondary N) is 2. The number of hydrogen-bond acceptors (Lipinski definition) is 3. The predicted octanol–water partition coefficient (Wildman–Crippen LogP) is 3.56. The van der Waals surface area contributed by atoms with Gasteiger partial charge in [-0.2, -0.15) is 0 Å². The number of carbonyl (C=O) groups is 1. The van der Waals surface area contributed by atoms with Crippen LogP contribution in [0.4, 0.5) is 5.82 Å². The van der Waals surface area contributed by atoms with E-state index in [0.717, 1.165) is 18.1 Å². The molecular weight excluding hydrogens is 262 g/mol. The summed E-state index contributed by atoms with van der Waals surface area (Å²) in [4.78, 5) is 17.1. The van der Waals surface area contributed by atoms with Gasteiger partial charge in [0, 0.05) is 23.3 Å². The second-order valence-corrected chi connectivity index (χ2v) is 6.80. The van der Waals surface area contributed by atoms with E-state index in [-0.39, 0.29) is 11.4 Å². The van der Waals surface area contributed by atoms with Crippen LogP contribution >= 0.6 is 0 Å². The van der Waals surface area contributed by atoms with Crippen LogP contribution in [0.15, 0.2) is 12.1 Å². The van der Waals surface area contributed by atoms with E-state index in [1.807, 2.05) is 19.1 Å². The van der Waals surface area contributed by atoms with Crippen LogP contribution in [0.2, 0.25) is 0 Å². The zero-order chi connectivity index (χ0) is 15.6. The average molecular weight is 289 g/mol. The Bertz CT molecular complexity index is 519. The second kappa shape index (κ2) is 6.04. The van der Waals surface area contributed by atoms with E-state index < -0.39 is 0 Å². The number of pyridine rings is 1. The molecule has 116 valence electrons. The van der Waals surface area contributed by atoms with E-state index in [1.165, 1.54) is 12.8 Å². The third-order valence-corrected chi connectivity index (χ3v) is 4.09. The fraction of sp³-hybridized carbons (Fsp3) is 0.647. The lowest BCUT2D eigenvalue weighted by molar-refractivity contribution is 0.0903. The summed E-state index contributed by atoms with van der Waals surface area (Å²) in [6.45, 7) is 11.2. The molecule has 1 saturated carbocycles. The lowest BCUT2D eigenvalue weighted by Crippen LogP contribution is -2.45. The molecule has 0 saturated heterocycles. The Morgan fingerprint density at radius 2 is 2.05 bits per heavy atom. The zero-order valence-electron chi connectivity index (χ0n) is 13.8. The van der Waals surface area contributed by atoms with Crippen molar-refractivity contribution in [2.75, 3.05) is 11.9 Å². The summed E-state index contributed by atoms with van der Waals surface area (Å²) in [7, 11) is 0. The number of carbonyl (C=O) groups excluding carboxylic acids is 1. The Hall–Kier alpha value is -1.58. The van der Waals surface area contributed by atoms with E-state index in [4.69, 9.17) is 0 Å². The topological polar surface area (TPSA) is 54.0 Å². The van der Waals surface area contributed by atoms with Gasteiger partial charge in [0.2, 0.25) is 0 Å². The maximum atomic E-state index is 12.6. The molecule has 1 aliphatic rings. The molecule has 4 heteroatoms. The first-order chi connectivity index (χ1) is 9.83. The minimum Gasteiger partial charge on any atom is -0.370 e. The van der Waals surface area contributed by atoms with Crippen molar-refractivity contribution in [3.8, 4) is 0 Å². The van der Waals surface area contributed by atoms with Gasteiger partial charge in [-0.1, -0.05) is 13.8 Å². The molecule has 0 aliphatic heterocycles. The molecule has 21 heavy (non-hydrogen) atoms. The van der Waals surface area contributed by atoms with Crippen molar-refractivity contribution >= 4 is 11.7 Å². The molecule has 4 nitrogen and oxygen atoms in total. The van der Waals surface area contributed by atoms with Crippen molar-refractivity contribution in [1.29, 1.82) is 0 Å². The zero-order valence-corrected chi connectivity index (χ0v) is 13.8. The van der Waals surface area contributed by atoms with Crippen molar-refractivity contribution in [2.45, 2.75) is 58.9 Å². The van der Waals surface area contributed by atoms with E-state index >= 15 is 0 Å². The summed E-state index contributed by atoms with van der Waals surface area (Å²) in [5.41, 5.74) is 1.51. The molecule has 0 aromatic carbocycles. The normalized spacial score (nSPS) is 15.1. The molecule has 0 radical (unpaired) electrons. The summed E-state index contributed by atoms with van der Waals surface area (Å²) in [5.74, 6) is 1.68. The number of anilines is 1. The average Bonchev–Trinajstić information content (AvgIpc) is 3.22. The maximum absolute atomic E-state index is 12.6. The summed E-state index contributed by atoms with van der Waals surface area (Å²) in [6.07, 6.45) is 2.42. The van der Waals surface area contributed by atoms with Crippen LogP contribution in [0.5, 0.6) is 0 Å². The van der Waals surface area contributed by atoms with E-state index in [2.05, 4.69) is 43.3 Å². The lowest BCUT2D eigenvalue weighted by atomic mass is 9.98. The fourth-order valence-electron chi connectivity index (χ4n) is 2.52. The van der Waals surface area contributed by atoms with Crippen LogP contribution in [-0.4, -0.2) is 23.0 Å². The molecule has 0 unspecified atom stereocenters. The van der Waals surface area contributed by atoms with Crippen LogP contribution in [0.1, 0.15) is 69.4 Å². The van der Waals surface area contributed by atoms with Gasteiger partial charge in [0.05, 0.1) is 0 Å². The predicted molar refractivity (Wildman–Crippen MR) is 86.8 cm³/mol. The number of rotatable bonds is 6. The SMILES string of the molecule is CCNc1cc(C(=O)NC(C)(C)C2CC2)cc(C(C)C)n1. The minimum absolute atomic E-state index is 0.00430. The summed E-state index contributed by atoms with van der Waals surface area (Å²) < 4.78 is 0. The summed E-state index contributed by atoms with van der Waals surface area (Å²) in [5, 5.41) is 6.38.